The largest absolute Gasteiger partial charge is 0.473 e. The minimum Gasteiger partial charge on any atom is -0.473 e. The topological polar surface area (TPSA) is 9.23 Å². The second kappa shape index (κ2) is 16.6. The highest BCUT2D eigenvalue weighted by Gasteiger charge is 2.81. The molecule has 0 saturated heterocycles. The van der Waals surface area contributed by atoms with E-state index in [-0.39, 0.29) is 30.6 Å². The summed E-state index contributed by atoms with van der Waals surface area (Å²) in [6, 6.07) is 30.0. The van der Waals surface area contributed by atoms with Crippen LogP contribution in [0.1, 0.15) is 68.2 Å². The summed E-state index contributed by atoms with van der Waals surface area (Å²) in [7, 11) is 0. The van der Waals surface area contributed by atoms with Crippen molar-refractivity contribution >= 4 is 84.5 Å². The van der Waals surface area contributed by atoms with Crippen molar-refractivity contribution in [3.05, 3.63) is 183 Å². The van der Waals surface area contributed by atoms with Crippen LogP contribution in [0.3, 0.4) is 0 Å². The molecule has 4 aromatic heterocycles. The summed E-state index contributed by atoms with van der Waals surface area (Å²) in [5, 5.41) is 1.86. The summed E-state index contributed by atoms with van der Waals surface area (Å²) >= 11 is 4.04. The number of allylic oxidation sites excluding steroid dienone is 4. The fourth-order valence-electron chi connectivity index (χ4n) is 10.6. The molecule has 0 atom stereocenters. The molecule has 74 heavy (non-hydrogen) atoms. The van der Waals surface area contributed by atoms with E-state index in [4.69, 9.17) is 4.74 Å². The van der Waals surface area contributed by atoms with Gasteiger partial charge in [-0.3, -0.25) is 0 Å². The molecule has 1 nitrogen and oxygen atoms in total. The Morgan fingerprint density at radius 3 is 1.18 bits per heavy atom. The first kappa shape index (κ1) is 50.3. The van der Waals surface area contributed by atoms with Crippen LogP contribution in [0, 0.1) is 41.5 Å². The average molecular weight is 1100 g/mol. The predicted molar refractivity (Wildman–Crippen MR) is 274 cm³/mol. The van der Waals surface area contributed by atoms with Crippen molar-refractivity contribution in [2.45, 2.75) is 82.7 Å². The van der Waals surface area contributed by atoms with E-state index in [0.717, 1.165) is 61.7 Å². The normalized spacial score (nSPS) is 19.6. The molecule has 17 heteroatoms. The van der Waals surface area contributed by atoms with Crippen molar-refractivity contribution in [2.75, 3.05) is 0 Å². The minimum atomic E-state index is -5.71. The van der Waals surface area contributed by atoms with Crippen LogP contribution in [0.15, 0.2) is 115 Å². The van der Waals surface area contributed by atoms with Gasteiger partial charge in [0.2, 0.25) is 0 Å². The van der Waals surface area contributed by atoms with Crippen molar-refractivity contribution in [1.29, 1.82) is 0 Å². The van der Waals surface area contributed by atoms with Gasteiger partial charge < -0.3 is 4.74 Å². The standard InChI is InChI=1S/C57H38F12OS4/c1-27-23-40(29(3)71-27)47-49(54(62,63)56(66,67)52(47,58)59)42-25-45(73-31(42)5)34-11-16-36(17-12-34)51(22-21-39-38-10-8-7-9-33(38)15-20-44(39)70-51)37-18-13-35(14-19-37)46-26-43(32(6)74-46)50-48(41-24-28(2)72-30(41)4)53(60,61)57(68,69)55(50,64)65/h7-26H,1-6H3. The number of hydrogen-bond donors (Lipinski definition) is 0. The molecule has 0 saturated carbocycles. The Bertz CT molecular complexity index is 3540. The lowest BCUT2D eigenvalue weighted by Crippen LogP contribution is -2.48. The third kappa shape index (κ3) is 6.93. The molecule has 0 radical (unpaired) electrons. The molecule has 2 aliphatic carbocycles. The van der Waals surface area contributed by atoms with E-state index < -0.39 is 74.6 Å². The molecule has 380 valence electrons. The summed E-state index contributed by atoms with van der Waals surface area (Å²) < 4.78 is 194. The molecule has 4 aromatic carbocycles. The number of thiophene rings is 4. The molecular formula is C57H38F12OS4. The fraction of sp³-hybridized carbons (Fsp3) is 0.228. The van der Waals surface area contributed by atoms with Gasteiger partial charge in [-0.25, -0.2) is 0 Å². The van der Waals surface area contributed by atoms with E-state index in [1.165, 1.54) is 52.0 Å². The van der Waals surface area contributed by atoms with Crippen molar-refractivity contribution in [1.82, 2.24) is 0 Å². The number of ether oxygens (including phenoxy) is 1. The molecule has 5 heterocycles. The van der Waals surface area contributed by atoms with Gasteiger partial charge in [-0.1, -0.05) is 78.9 Å². The quantitative estimate of drug-likeness (QED) is 0.138. The lowest BCUT2D eigenvalue weighted by Gasteiger charge is -2.36. The fourth-order valence-corrected chi connectivity index (χ4v) is 14.5. The zero-order chi connectivity index (χ0) is 53.0. The molecular weight excluding hydrogens is 1060 g/mol. The molecule has 0 bridgehead atoms. The van der Waals surface area contributed by atoms with Crippen LogP contribution >= 0.6 is 45.3 Å². The molecule has 3 aliphatic rings. The summed E-state index contributed by atoms with van der Waals surface area (Å²) in [5.41, 5.74) is -5.73. The number of benzene rings is 4. The van der Waals surface area contributed by atoms with Gasteiger partial charge in [0, 0.05) is 78.0 Å². The number of rotatable bonds is 8. The molecule has 8 aromatic rings. The minimum absolute atomic E-state index is 0.124. The molecule has 0 spiro atoms. The Labute approximate surface area is 432 Å². The first-order valence-corrected chi connectivity index (χ1v) is 26.2. The van der Waals surface area contributed by atoms with Crippen LogP contribution in [-0.2, 0) is 5.60 Å². The van der Waals surface area contributed by atoms with E-state index in [1.54, 1.807) is 62.4 Å². The van der Waals surface area contributed by atoms with Crippen molar-refractivity contribution in [3.63, 3.8) is 0 Å². The van der Waals surface area contributed by atoms with Crippen molar-refractivity contribution in [2.24, 2.45) is 0 Å². The predicted octanol–water partition coefficient (Wildman–Crippen LogP) is 19.3. The smallest absolute Gasteiger partial charge is 0.380 e. The van der Waals surface area contributed by atoms with Gasteiger partial charge in [-0.2, -0.15) is 52.7 Å². The lowest BCUT2D eigenvalue weighted by atomic mass is 9.82. The third-order valence-electron chi connectivity index (χ3n) is 14.2. The molecule has 0 N–H and O–H groups in total. The van der Waals surface area contributed by atoms with Crippen LogP contribution < -0.4 is 4.74 Å². The van der Waals surface area contributed by atoms with Crippen LogP contribution in [0.25, 0.3) is 60.0 Å². The first-order valence-electron chi connectivity index (χ1n) is 22.9. The zero-order valence-corrected chi connectivity index (χ0v) is 42.9. The second-order valence-electron chi connectivity index (χ2n) is 18.8. The summed E-state index contributed by atoms with van der Waals surface area (Å²) in [6.07, 6.45) is 3.76. The number of alkyl halides is 12. The molecule has 0 unspecified atom stereocenters. The lowest BCUT2D eigenvalue weighted by molar-refractivity contribution is -0.254. The molecule has 1 aliphatic heterocycles. The van der Waals surface area contributed by atoms with Gasteiger partial charge in [0.1, 0.15) is 5.75 Å². The second-order valence-corrected chi connectivity index (χ2v) is 24.2. The molecule has 11 rings (SSSR count). The number of hydrogen-bond acceptors (Lipinski definition) is 5. The SMILES string of the molecule is Cc1cc(C2=C(c3cc(-c4ccc(C5(c6ccc(-c7cc(C8=C(c9cc(C)sc9C)C(F)(F)C(F)(F)C8(F)F)c(C)s7)cc6)C=Cc6c(ccc7ccccc67)O5)cc4)sc3C)C(F)(F)C(F)(F)C2(F)F)c(C)s1. The van der Waals surface area contributed by atoms with E-state index in [2.05, 4.69) is 0 Å². The zero-order valence-electron chi connectivity index (χ0n) is 39.6. The number of fused-ring (bicyclic) bond motifs is 3. The van der Waals surface area contributed by atoms with Gasteiger partial charge in [0.05, 0.1) is 0 Å². The van der Waals surface area contributed by atoms with Crippen LogP contribution in [0.2, 0.25) is 0 Å². The van der Waals surface area contributed by atoms with Crippen LogP contribution in [0.5, 0.6) is 5.75 Å². The highest BCUT2D eigenvalue weighted by Crippen LogP contribution is 2.68. The summed E-state index contributed by atoms with van der Waals surface area (Å²) in [5.74, 6) is -31.7. The molecule has 0 fully saturated rings. The Hall–Kier alpha value is -5.88. The van der Waals surface area contributed by atoms with E-state index in [9.17, 15) is 0 Å². The Morgan fingerprint density at radius 1 is 0.405 bits per heavy atom. The maximum atomic E-state index is 15.9. The Morgan fingerprint density at radius 2 is 0.784 bits per heavy atom. The Kier molecular flexibility index (Phi) is 11.3. The monoisotopic (exact) mass is 1090 g/mol. The van der Waals surface area contributed by atoms with Gasteiger partial charge >= 0.3 is 35.5 Å². The van der Waals surface area contributed by atoms with Gasteiger partial charge in [-0.15, -0.1) is 45.3 Å². The maximum absolute atomic E-state index is 15.9. The van der Waals surface area contributed by atoms with Gasteiger partial charge in [0.15, 0.2) is 5.60 Å². The summed E-state index contributed by atoms with van der Waals surface area (Å²) in [4.78, 5) is 2.31. The average Bonchev–Trinajstić information content (AvgIpc) is 4.16. The van der Waals surface area contributed by atoms with Gasteiger partial charge in [0.25, 0.3) is 0 Å². The maximum Gasteiger partial charge on any atom is 0.380 e. The van der Waals surface area contributed by atoms with E-state index in [0.29, 0.717) is 47.5 Å². The van der Waals surface area contributed by atoms with Crippen LogP contribution in [0.4, 0.5) is 52.7 Å². The highest BCUT2D eigenvalue weighted by molar-refractivity contribution is 7.16. The number of aryl methyl sites for hydroxylation is 6. The first-order chi connectivity index (χ1) is 34.7. The Balaban J connectivity index is 0.997. The van der Waals surface area contributed by atoms with Crippen molar-refractivity contribution in [3.8, 4) is 26.6 Å². The van der Waals surface area contributed by atoms with E-state index in [1.807, 2.05) is 48.6 Å². The summed E-state index contributed by atoms with van der Waals surface area (Å²) in [6.45, 7) is 8.83. The van der Waals surface area contributed by atoms with E-state index >= 15 is 52.7 Å². The van der Waals surface area contributed by atoms with Crippen LogP contribution in [-0.4, -0.2) is 35.5 Å². The molecule has 0 amide bonds. The van der Waals surface area contributed by atoms with Gasteiger partial charge in [-0.05, 0) is 128 Å². The third-order valence-corrected chi connectivity index (χ3v) is 18.3. The highest BCUT2D eigenvalue weighted by atomic mass is 32.1. The number of halogens is 12. The van der Waals surface area contributed by atoms with Crippen molar-refractivity contribution < 1.29 is 57.4 Å².